The third kappa shape index (κ3) is 24.2. The van der Waals surface area contributed by atoms with Crippen molar-refractivity contribution in [3.63, 3.8) is 0 Å². The predicted molar refractivity (Wildman–Crippen MR) is 583 cm³/mol. The average Bonchev–Trinajstić information content (AvgIpc) is 1.60. The van der Waals surface area contributed by atoms with Crippen molar-refractivity contribution >= 4 is 142 Å². The minimum atomic E-state index is -2.13. The summed E-state index contributed by atoms with van der Waals surface area (Å²) in [6.45, 7) is 34.0. The highest BCUT2D eigenvalue weighted by Gasteiger charge is 2.50. The summed E-state index contributed by atoms with van der Waals surface area (Å²) in [7, 11) is 4.96. The van der Waals surface area contributed by atoms with Crippen LogP contribution in [0.2, 0.25) is 0 Å². The van der Waals surface area contributed by atoms with Crippen molar-refractivity contribution in [1.29, 1.82) is 0 Å². The fraction of sp³-hybridized carbons (Fsp3) is 0.451. The lowest BCUT2D eigenvalue weighted by molar-refractivity contribution is -0.130. The second kappa shape index (κ2) is 44.6. The summed E-state index contributed by atoms with van der Waals surface area (Å²) < 4.78 is 89.9. The number of amides is 3. The number of aliphatic imine (C=N–C) groups is 1. The molecule has 3 saturated carbocycles. The van der Waals surface area contributed by atoms with Crippen LogP contribution < -0.4 is 28.4 Å². The van der Waals surface area contributed by atoms with Gasteiger partial charge in [-0.2, -0.15) is 19.6 Å². The summed E-state index contributed by atoms with van der Waals surface area (Å²) in [6.07, 6.45) is 14.8. The maximum atomic E-state index is 13.2. The van der Waals surface area contributed by atoms with Crippen molar-refractivity contribution in [3.05, 3.63) is 215 Å². The number of methoxy groups -OCH3 is 3. The summed E-state index contributed by atoms with van der Waals surface area (Å²) in [5.41, 5.74) is 14.5. The number of rotatable bonds is 25. The number of carbonyl (C=O) groups is 5. The normalized spacial score (nSPS) is 19.0. The van der Waals surface area contributed by atoms with Gasteiger partial charge in [-0.15, -0.1) is 12.4 Å². The van der Waals surface area contributed by atoms with E-state index in [0.29, 0.717) is 96.0 Å². The molecule has 3 amide bonds. The lowest BCUT2D eigenvalue weighted by Crippen LogP contribution is -2.41. The van der Waals surface area contributed by atoms with Crippen LogP contribution in [-0.2, 0) is 39.9 Å². The number of alkyl halides is 3. The van der Waals surface area contributed by atoms with Gasteiger partial charge in [0.05, 0.1) is 132 Å². The zero-order chi connectivity index (χ0) is 106. The molecule has 150 heavy (non-hydrogen) atoms. The molecule has 22 rings (SSSR count). The number of likely N-dealkylation sites (tertiary alicyclic amines) is 3. The van der Waals surface area contributed by atoms with Gasteiger partial charge in [-0.3, -0.25) is 19.4 Å². The lowest BCUT2D eigenvalue weighted by atomic mass is 9.90. The van der Waals surface area contributed by atoms with E-state index in [1.807, 2.05) is 244 Å². The fourth-order valence-corrected chi connectivity index (χ4v) is 19.7. The number of benzene rings is 6. The third-order valence-electron chi connectivity index (χ3n) is 29.2. The first kappa shape index (κ1) is 108. The van der Waals surface area contributed by atoms with Crippen molar-refractivity contribution in [2.45, 2.75) is 265 Å². The second-order valence-electron chi connectivity index (χ2n) is 42.7. The Kier molecular flexibility index (Phi) is 32.3. The van der Waals surface area contributed by atoms with Gasteiger partial charge in [0.25, 0.3) is 0 Å². The van der Waals surface area contributed by atoms with Crippen LogP contribution >= 0.6 is 50.9 Å². The van der Waals surface area contributed by atoms with Crippen LogP contribution in [0.25, 0.3) is 77.4 Å². The molecule has 32 nitrogen and oxygen atoms in total. The Hall–Kier alpha value is -12.8. The first-order valence-corrected chi connectivity index (χ1v) is 53.2. The predicted octanol–water partition coefficient (Wildman–Crippen LogP) is 24.1. The molecule has 8 aromatic heterocycles. The van der Waals surface area contributed by atoms with E-state index in [1.165, 1.54) is 14.9 Å². The number of carbonyl (C=O) groups excluding carboxylic acids is 5. The van der Waals surface area contributed by atoms with Crippen LogP contribution in [0.4, 0.5) is 18.4 Å². The molecule has 8 aliphatic rings. The van der Waals surface area contributed by atoms with E-state index in [-0.39, 0.29) is 88.7 Å². The smallest absolute Gasteiger partial charge is 0.435 e. The zero-order valence-corrected chi connectivity index (χ0v) is 92.5. The number of halogens is 5. The van der Waals surface area contributed by atoms with Gasteiger partial charge in [-0.25, -0.2) is 48.3 Å². The molecule has 0 unspecified atom stereocenters. The van der Waals surface area contributed by atoms with Crippen LogP contribution in [0.3, 0.4) is 0 Å². The first-order chi connectivity index (χ1) is 71.1. The van der Waals surface area contributed by atoms with Crippen LogP contribution in [0.15, 0.2) is 187 Å². The molecule has 6 aromatic carbocycles. The minimum Gasteiger partial charge on any atom is -0.497 e. The number of hydrogen-bond acceptors (Lipinski definition) is 24. The van der Waals surface area contributed by atoms with Crippen LogP contribution in [0.1, 0.15) is 244 Å². The molecule has 37 heteroatoms. The first-order valence-electron chi connectivity index (χ1n) is 50.9. The number of hydrogen-bond donors (Lipinski definition) is 0. The molecule has 3 aliphatic carbocycles. The molecule has 13 heterocycles. The van der Waals surface area contributed by atoms with Gasteiger partial charge in [0.2, 0.25) is 41.8 Å². The van der Waals surface area contributed by atoms with Gasteiger partial charge in [-0.1, -0.05) is 83.3 Å². The zero-order valence-electron chi connectivity index (χ0n) is 87.9. The van der Waals surface area contributed by atoms with E-state index < -0.39 is 47.3 Å². The van der Waals surface area contributed by atoms with E-state index >= 15 is 0 Å². The number of ether oxygens (including phenoxy) is 10. The lowest BCUT2D eigenvalue weighted by Gasteiger charge is -2.30. The maximum Gasteiger partial charge on any atom is 0.435 e. The highest BCUT2D eigenvalue weighted by atomic mass is 127. The Morgan fingerprint density at radius 1 is 0.480 bits per heavy atom. The summed E-state index contributed by atoms with van der Waals surface area (Å²) in [4.78, 5) is 103. The van der Waals surface area contributed by atoms with Gasteiger partial charge in [0.15, 0.2) is 6.29 Å². The SMILES string of the molecule is CC(C)(C)OC(=O)n1ncc2cc(C3OC(C)(C)C(C)(C)O3)ccc21.COc1ccc([C@@H](C)N2C[C@H]([C@@H](C)Oc3nc(-c4ccc5c(c4)C=NC5)cc4ncn(C5CC5)c34)CC2=O)cc1.COc1ccc([C@@H](C)N2C[C@H]([C@@H](C)Oc3nc(-c4ccc5c(cnn5C(=O)OC(C)(C)C)c4)cc4ncn(C5CC5)c34)CC2=O)cc1.COc1ccc([C@@H](C)N2C[C@H]([C@@H](C)Oc3nc(Br)cc4ncn(C5CC5)c34)CC2=O)cc1.Cl.FC(F)CI. The number of aromatic nitrogens is 13. The van der Waals surface area contributed by atoms with Crippen LogP contribution in [0.5, 0.6) is 34.9 Å². The number of nitrogens with zero attached hydrogens (tertiary/aromatic N) is 17. The van der Waals surface area contributed by atoms with Crippen molar-refractivity contribution in [2.75, 3.05) is 45.4 Å². The maximum absolute atomic E-state index is 13.2. The number of fused-ring (bicyclic) bond motifs is 6. The molecule has 0 N–H and O–H groups in total. The molecule has 7 fully saturated rings. The second-order valence-corrected chi connectivity index (χ2v) is 44.4. The molecule has 0 bridgehead atoms. The summed E-state index contributed by atoms with van der Waals surface area (Å²) in [5.74, 6) is 4.66. The van der Waals surface area contributed by atoms with Crippen molar-refractivity contribution < 1.29 is 80.1 Å². The van der Waals surface area contributed by atoms with Gasteiger partial charge >= 0.3 is 12.2 Å². The summed E-state index contributed by atoms with van der Waals surface area (Å²) in [6, 6.07) is 48.6. The Morgan fingerprint density at radius 3 is 1.20 bits per heavy atom. The van der Waals surface area contributed by atoms with Gasteiger partial charge in [0.1, 0.15) is 67.9 Å². The fourth-order valence-electron chi connectivity index (χ4n) is 19.4. The van der Waals surface area contributed by atoms with Crippen LogP contribution in [0, 0.1) is 17.8 Å². The van der Waals surface area contributed by atoms with Gasteiger partial charge in [-0.05, 0) is 278 Å². The van der Waals surface area contributed by atoms with E-state index in [9.17, 15) is 32.8 Å². The van der Waals surface area contributed by atoms with Crippen molar-refractivity contribution in [2.24, 2.45) is 22.7 Å². The number of imidazole rings is 3. The largest absolute Gasteiger partial charge is 0.497 e. The van der Waals surface area contributed by atoms with E-state index in [0.717, 1.165) is 151 Å². The van der Waals surface area contributed by atoms with E-state index in [1.54, 1.807) is 56.3 Å². The molecule has 5 aliphatic heterocycles. The van der Waals surface area contributed by atoms with E-state index in [4.69, 9.17) is 67.3 Å². The molecule has 4 saturated heterocycles. The molecule has 0 spiro atoms. The Balaban J connectivity index is 0.000000137. The average molecular weight is 2250 g/mol. The summed E-state index contributed by atoms with van der Waals surface area (Å²) >= 11 is 5.11. The highest BCUT2D eigenvalue weighted by molar-refractivity contribution is 14.1. The Morgan fingerprint density at radius 2 is 0.833 bits per heavy atom. The number of pyridine rings is 3. The monoisotopic (exact) mass is 2240 g/mol. The molecule has 14 aromatic rings. The standard InChI is InChI=1S/C36H40N6O5.C32H33N5O3.C24H27BrN4O3.C19H26N2O4.C2H3F2I.ClH/c1-21(23-7-12-28(45-6)13-8-23)40-19-26(16-32(40)43)22(2)46-34-33-30(37-20-41(33)27-10-11-27)17-29(39-34)24-9-14-31-25(15-24)18-38-42(31)35(44)47-36(3,4)5;1-19(21-6-10-27(39-3)11-7-21)36-17-25(13-30(36)38)20(2)40-32-31-29(34-18-37(31)26-8-9-26)14-28(35-32)22-4-5-23-15-33-16-24(23)12-22;1-14(16-4-8-19(31-3)9-5-16)28-12-17(10-22(28)30)15(2)32-24-23-20(11-21(25)27-24)26-13-29(23)18-6-7-18;1-17(2,3)25-16(22)21-14-9-8-12(10-13(14)11-20-21)15-23-18(4,5)19(6,7)24-15;3-2(4)1-5;/h7-9,12-15,17-18,20-22,26-27H,10-11,16,19H2,1-6H3;4-7,10-12,14,16,18-20,25-26H,8-9,13,15,17H2,1-3H3;4-5,8-9,11,13-15,17-18H,6-7,10,12H2,1-3H3;8-11,15H,1-7H3;2H,1H2;1H/t21-,22-,26-;19-,20-,25-;14-,15-,17-;;;/m111.../s1. The van der Waals surface area contributed by atoms with E-state index in [2.05, 4.69) is 107 Å². The third-order valence-corrected chi connectivity index (χ3v) is 30.2. The Labute approximate surface area is 899 Å². The molecule has 0 radical (unpaired) electrons. The molecular formula is C113H130BrClF2IN17O15. The Bertz CT molecular complexity index is 7300. The molecule has 792 valence electrons. The summed E-state index contributed by atoms with van der Waals surface area (Å²) in [5, 5.41) is 10.1. The van der Waals surface area contributed by atoms with Gasteiger partial charge in [0, 0.05) is 108 Å². The topological polar surface area (TPSA) is 328 Å². The molecule has 9 atom stereocenters. The highest BCUT2D eigenvalue weighted by Crippen LogP contribution is 2.49. The molecular weight excluding hydrogens is 2120 g/mol. The van der Waals surface area contributed by atoms with Crippen molar-refractivity contribution in [3.8, 4) is 57.4 Å². The van der Waals surface area contributed by atoms with Crippen LogP contribution in [-0.4, -0.2) is 207 Å². The van der Waals surface area contributed by atoms with Crippen molar-refractivity contribution in [1.82, 2.24) is 77.9 Å². The quantitative estimate of drug-likeness (QED) is 0.0291. The minimum absolute atomic E-state index is 0. The van der Waals surface area contributed by atoms with Gasteiger partial charge < -0.3 is 75.8 Å².